The Morgan fingerprint density at radius 1 is 0.920 bits per heavy atom. The van der Waals surface area contributed by atoms with E-state index >= 15 is 0 Å². The molecule has 0 aliphatic rings. The molecular formula is C20H18N2O3. The third-order valence-corrected chi connectivity index (χ3v) is 3.32. The summed E-state index contributed by atoms with van der Waals surface area (Å²) in [5.74, 6) is 1.64. The Balaban J connectivity index is 2.07. The molecule has 0 spiro atoms. The van der Waals surface area contributed by atoms with Crippen molar-refractivity contribution in [2.24, 2.45) is 0 Å². The average molecular weight is 334 g/mol. The molecule has 5 nitrogen and oxygen atoms in total. The molecule has 0 N–H and O–H groups in total. The van der Waals surface area contributed by atoms with Crippen LogP contribution in [-0.4, -0.2) is 12.7 Å². The van der Waals surface area contributed by atoms with E-state index in [0.29, 0.717) is 28.4 Å². The van der Waals surface area contributed by atoms with Crippen molar-refractivity contribution in [3.05, 3.63) is 65.9 Å². The summed E-state index contributed by atoms with van der Waals surface area (Å²) in [6, 6.07) is 16.0. The van der Waals surface area contributed by atoms with Crippen LogP contribution in [0.4, 0.5) is 0 Å². The molecule has 0 aromatic heterocycles. The zero-order valence-corrected chi connectivity index (χ0v) is 14.3. The van der Waals surface area contributed by atoms with Crippen molar-refractivity contribution >= 4 is 0 Å². The highest BCUT2D eigenvalue weighted by atomic mass is 16.5. The quantitative estimate of drug-likeness (QED) is 0.740. The molecule has 0 aliphatic carbocycles. The van der Waals surface area contributed by atoms with Gasteiger partial charge < -0.3 is 14.2 Å². The zero-order valence-electron chi connectivity index (χ0n) is 14.3. The number of benzene rings is 2. The maximum Gasteiger partial charge on any atom is 0.169 e. The second kappa shape index (κ2) is 7.90. The average Bonchev–Trinajstić information content (AvgIpc) is 2.61. The van der Waals surface area contributed by atoms with E-state index in [0.717, 1.165) is 0 Å². The number of hydrogen-bond acceptors (Lipinski definition) is 5. The van der Waals surface area contributed by atoms with E-state index in [1.807, 2.05) is 13.8 Å². The number of rotatable bonds is 6. The van der Waals surface area contributed by atoms with Crippen LogP contribution < -0.4 is 14.2 Å². The second-order valence-electron chi connectivity index (χ2n) is 5.74. The van der Waals surface area contributed by atoms with Crippen molar-refractivity contribution in [1.29, 1.82) is 10.5 Å². The Bertz CT molecular complexity index is 841. The normalized spacial score (nSPS) is 10.8. The molecule has 2 aromatic rings. The third kappa shape index (κ3) is 5.02. The van der Waals surface area contributed by atoms with Gasteiger partial charge in [-0.15, -0.1) is 0 Å². The standard InChI is InChI=1S/C20H18N2O3/c1-20(2,25-17-7-4-15(13-21)5-8-17)10-11-24-19-12-16(14-22)6-9-18(19)23-3/h4-12H,1-3H3. The van der Waals surface area contributed by atoms with Crippen LogP contribution in [0, 0.1) is 22.7 Å². The first-order valence-electron chi connectivity index (χ1n) is 7.59. The van der Waals surface area contributed by atoms with Gasteiger partial charge in [-0.25, -0.2) is 0 Å². The van der Waals surface area contributed by atoms with Crippen molar-refractivity contribution in [3.63, 3.8) is 0 Å². The van der Waals surface area contributed by atoms with Gasteiger partial charge in [0.2, 0.25) is 0 Å². The first kappa shape index (κ1) is 17.9. The van der Waals surface area contributed by atoms with Gasteiger partial charge in [0.05, 0.1) is 36.6 Å². The van der Waals surface area contributed by atoms with Gasteiger partial charge in [-0.1, -0.05) is 0 Å². The molecule has 0 fully saturated rings. The molecule has 0 bridgehead atoms. The molecule has 0 heterocycles. The lowest BCUT2D eigenvalue weighted by Gasteiger charge is -2.22. The van der Waals surface area contributed by atoms with Crippen molar-refractivity contribution in [2.75, 3.05) is 7.11 Å². The largest absolute Gasteiger partial charge is 0.493 e. The van der Waals surface area contributed by atoms with E-state index in [4.69, 9.17) is 24.7 Å². The van der Waals surface area contributed by atoms with Crippen molar-refractivity contribution in [2.45, 2.75) is 19.4 Å². The highest BCUT2D eigenvalue weighted by molar-refractivity contribution is 5.47. The zero-order chi connectivity index (χ0) is 18.3. The summed E-state index contributed by atoms with van der Waals surface area (Å²) in [4.78, 5) is 0. The van der Waals surface area contributed by atoms with Gasteiger partial charge in [-0.3, -0.25) is 0 Å². The lowest BCUT2D eigenvalue weighted by molar-refractivity contribution is 0.159. The summed E-state index contributed by atoms with van der Waals surface area (Å²) < 4.78 is 16.7. The summed E-state index contributed by atoms with van der Waals surface area (Å²) in [6.45, 7) is 3.77. The fraction of sp³-hybridized carbons (Fsp3) is 0.200. The Labute approximate surface area is 147 Å². The Hall–Kier alpha value is -3.44. The topological polar surface area (TPSA) is 75.3 Å². The van der Waals surface area contributed by atoms with Gasteiger partial charge in [0.1, 0.15) is 11.4 Å². The lowest BCUT2D eigenvalue weighted by atomic mass is 10.1. The summed E-state index contributed by atoms with van der Waals surface area (Å²) in [5, 5.41) is 17.8. The lowest BCUT2D eigenvalue weighted by Crippen LogP contribution is -2.25. The molecule has 0 saturated carbocycles. The van der Waals surface area contributed by atoms with Gasteiger partial charge in [-0.2, -0.15) is 10.5 Å². The first-order valence-corrected chi connectivity index (χ1v) is 7.59. The van der Waals surface area contributed by atoms with Gasteiger partial charge in [0, 0.05) is 6.07 Å². The first-order chi connectivity index (χ1) is 12.0. The van der Waals surface area contributed by atoms with Crippen LogP contribution in [0.1, 0.15) is 25.0 Å². The Morgan fingerprint density at radius 3 is 2.16 bits per heavy atom. The van der Waals surface area contributed by atoms with Crippen LogP contribution >= 0.6 is 0 Å². The van der Waals surface area contributed by atoms with Crippen LogP contribution in [0.25, 0.3) is 0 Å². The molecule has 0 amide bonds. The number of hydrogen-bond donors (Lipinski definition) is 0. The third-order valence-electron chi connectivity index (χ3n) is 3.32. The summed E-state index contributed by atoms with van der Waals surface area (Å²) in [5.41, 5.74) is 0.430. The molecular weight excluding hydrogens is 316 g/mol. The Morgan fingerprint density at radius 2 is 1.56 bits per heavy atom. The smallest absolute Gasteiger partial charge is 0.169 e. The van der Waals surface area contributed by atoms with Crippen molar-refractivity contribution in [3.8, 4) is 29.4 Å². The number of nitrogens with zero attached hydrogens (tertiary/aromatic N) is 2. The molecule has 0 radical (unpaired) electrons. The maximum atomic E-state index is 8.98. The fourth-order valence-electron chi connectivity index (χ4n) is 2.04. The molecule has 25 heavy (non-hydrogen) atoms. The van der Waals surface area contributed by atoms with Crippen LogP contribution in [-0.2, 0) is 0 Å². The molecule has 126 valence electrons. The van der Waals surface area contributed by atoms with Crippen LogP contribution in [0.5, 0.6) is 17.2 Å². The molecule has 2 aromatic carbocycles. The molecule has 5 heteroatoms. The van der Waals surface area contributed by atoms with Crippen LogP contribution in [0.15, 0.2) is 54.8 Å². The molecule has 0 aliphatic heterocycles. The molecule has 0 atom stereocenters. The summed E-state index contributed by atoms with van der Waals surface area (Å²) >= 11 is 0. The van der Waals surface area contributed by atoms with Gasteiger partial charge >= 0.3 is 0 Å². The minimum Gasteiger partial charge on any atom is -0.493 e. The van der Waals surface area contributed by atoms with Gasteiger partial charge in [0.25, 0.3) is 0 Å². The van der Waals surface area contributed by atoms with Crippen LogP contribution in [0.2, 0.25) is 0 Å². The molecule has 0 saturated heterocycles. The van der Waals surface area contributed by atoms with E-state index in [1.54, 1.807) is 48.5 Å². The van der Waals surface area contributed by atoms with Gasteiger partial charge in [0.15, 0.2) is 11.5 Å². The fourth-order valence-corrected chi connectivity index (χ4v) is 2.04. The number of methoxy groups -OCH3 is 1. The number of ether oxygens (including phenoxy) is 3. The highest BCUT2D eigenvalue weighted by Crippen LogP contribution is 2.28. The van der Waals surface area contributed by atoms with Gasteiger partial charge in [-0.05, 0) is 56.3 Å². The predicted molar refractivity (Wildman–Crippen MR) is 93.3 cm³/mol. The van der Waals surface area contributed by atoms with E-state index in [-0.39, 0.29) is 0 Å². The van der Waals surface area contributed by atoms with Crippen molar-refractivity contribution < 1.29 is 14.2 Å². The monoisotopic (exact) mass is 334 g/mol. The maximum absolute atomic E-state index is 8.98. The van der Waals surface area contributed by atoms with E-state index in [2.05, 4.69) is 12.1 Å². The number of nitriles is 2. The van der Waals surface area contributed by atoms with E-state index in [9.17, 15) is 0 Å². The minimum atomic E-state index is -0.631. The SMILES string of the molecule is COc1ccc(C#N)cc1OC=CC(C)(C)Oc1ccc(C#N)cc1. The van der Waals surface area contributed by atoms with Crippen LogP contribution in [0.3, 0.4) is 0 Å². The molecule has 2 rings (SSSR count). The Kier molecular flexibility index (Phi) is 5.66. The summed E-state index contributed by atoms with van der Waals surface area (Å²) in [6.07, 6.45) is 3.26. The van der Waals surface area contributed by atoms with E-state index < -0.39 is 5.60 Å². The van der Waals surface area contributed by atoms with Crippen molar-refractivity contribution in [1.82, 2.24) is 0 Å². The van der Waals surface area contributed by atoms with E-state index in [1.165, 1.54) is 13.4 Å². The highest BCUT2D eigenvalue weighted by Gasteiger charge is 2.16. The molecule has 0 unspecified atom stereocenters. The minimum absolute atomic E-state index is 0.451. The predicted octanol–water partition coefficient (Wildman–Crippen LogP) is 4.19. The second-order valence-corrected chi connectivity index (χ2v) is 5.74. The summed E-state index contributed by atoms with van der Waals surface area (Å²) in [7, 11) is 1.54.